The second kappa shape index (κ2) is 8.95. The van der Waals surface area contributed by atoms with Crippen molar-refractivity contribution in [3.63, 3.8) is 0 Å². The quantitative estimate of drug-likeness (QED) is 0.293. The second-order valence-electron chi connectivity index (χ2n) is 8.32. The Kier molecular flexibility index (Phi) is 6.18. The maximum absolute atomic E-state index is 14.0. The van der Waals surface area contributed by atoms with Gasteiger partial charge in [0.05, 0.1) is 18.4 Å². The van der Waals surface area contributed by atoms with E-state index in [1.54, 1.807) is 61.6 Å². The average Bonchev–Trinajstić information content (AvgIpc) is 3.22. The molecule has 0 aliphatic carbocycles. The highest BCUT2D eigenvalue weighted by Crippen LogP contribution is 2.53. The summed E-state index contributed by atoms with van der Waals surface area (Å²) in [4.78, 5) is 43.7. The summed E-state index contributed by atoms with van der Waals surface area (Å²) >= 11 is 0. The Bertz CT molecular complexity index is 1200. The Labute approximate surface area is 198 Å². The van der Waals surface area contributed by atoms with Crippen molar-refractivity contribution < 1.29 is 29.0 Å². The van der Waals surface area contributed by atoms with E-state index in [4.69, 9.17) is 9.47 Å². The van der Waals surface area contributed by atoms with E-state index in [2.05, 4.69) is 0 Å². The number of likely N-dealkylation sites (N-methyl/N-ethyl adjacent to an activating group) is 1. The topological polar surface area (TPSA) is 96.4 Å². The summed E-state index contributed by atoms with van der Waals surface area (Å²) in [6.07, 6.45) is 0.425. The number of para-hydroxylation sites is 1. The van der Waals surface area contributed by atoms with Gasteiger partial charge in [-0.3, -0.25) is 14.4 Å². The molecule has 8 heteroatoms. The average molecular weight is 465 g/mol. The molecule has 0 saturated carbocycles. The molecule has 0 radical (unpaired) electrons. The maximum atomic E-state index is 14.0. The highest BCUT2D eigenvalue weighted by atomic mass is 16.5. The number of ether oxygens (including phenoxy) is 2. The number of carbonyl (C=O) groups is 3. The minimum atomic E-state index is -1.74. The number of amides is 2. The summed E-state index contributed by atoms with van der Waals surface area (Å²) in [5.41, 5.74) is 0.228. The SMILES string of the molecule is CCN1C(=O)[C@]2(C(=C(O)c3ccc(OC)c(C)c3)C(=O)C(=O)N2CCCOC)c2ccccc21. The summed E-state index contributed by atoms with van der Waals surface area (Å²) in [5.74, 6) is -1.90. The van der Waals surface area contributed by atoms with Crippen LogP contribution in [0.1, 0.15) is 30.0 Å². The number of aliphatic hydroxyl groups excluding tert-OH is 1. The summed E-state index contributed by atoms with van der Waals surface area (Å²) in [6.45, 7) is 4.46. The molecule has 0 aromatic heterocycles. The minimum Gasteiger partial charge on any atom is -0.507 e. The number of benzene rings is 2. The molecule has 178 valence electrons. The number of nitrogens with zero attached hydrogens (tertiary/aromatic N) is 2. The van der Waals surface area contributed by atoms with E-state index < -0.39 is 23.1 Å². The van der Waals surface area contributed by atoms with Crippen LogP contribution in [0.5, 0.6) is 5.75 Å². The molecule has 1 saturated heterocycles. The molecule has 2 heterocycles. The fraction of sp³-hybridized carbons (Fsp3) is 0.346. The number of hydrogen-bond acceptors (Lipinski definition) is 6. The third-order valence-corrected chi connectivity index (χ3v) is 6.52. The van der Waals surface area contributed by atoms with E-state index in [1.165, 1.54) is 4.90 Å². The van der Waals surface area contributed by atoms with Crippen LogP contribution in [-0.4, -0.2) is 61.5 Å². The first kappa shape index (κ1) is 23.5. The van der Waals surface area contributed by atoms with Crippen LogP contribution in [0.3, 0.4) is 0 Å². The maximum Gasteiger partial charge on any atom is 0.296 e. The van der Waals surface area contributed by atoms with Gasteiger partial charge in [0, 0.05) is 37.9 Å². The van der Waals surface area contributed by atoms with Gasteiger partial charge >= 0.3 is 0 Å². The van der Waals surface area contributed by atoms with Gasteiger partial charge in [-0.1, -0.05) is 18.2 Å². The Morgan fingerprint density at radius 3 is 2.47 bits per heavy atom. The van der Waals surface area contributed by atoms with Crippen LogP contribution >= 0.6 is 0 Å². The van der Waals surface area contributed by atoms with Crippen LogP contribution < -0.4 is 9.64 Å². The smallest absolute Gasteiger partial charge is 0.296 e. The number of fused-ring (bicyclic) bond motifs is 2. The molecule has 34 heavy (non-hydrogen) atoms. The molecule has 8 nitrogen and oxygen atoms in total. The van der Waals surface area contributed by atoms with Crippen molar-refractivity contribution in [3.05, 3.63) is 64.7 Å². The Balaban J connectivity index is 2.02. The normalized spacial score (nSPS) is 21.0. The molecule has 2 aliphatic heterocycles. The monoisotopic (exact) mass is 464 g/mol. The molecule has 1 atom stereocenters. The Morgan fingerprint density at radius 2 is 1.82 bits per heavy atom. The zero-order valence-electron chi connectivity index (χ0n) is 19.8. The lowest BCUT2D eigenvalue weighted by atomic mass is 9.81. The number of likely N-dealkylation sites (tertiary alicyclic amines) is 1. The third kappa shape index (κ3) is 3.20. The van der Waals surface area contributed by atoms with Gasteiger partial charge < -0.3 is 24.4 Å². The van der Waals surface area contributed by atoms with E-state index in [9.17, 15) is 19.5 Å². The van der Waals surface area contributed by atoms with Crippen molar-refractivity contribution in [2.45, 2.75) is 25.8 Å². The minimum absolute atomic E-state index is 0.120. The molecule has 2 aromatic carbocycles. The van der Waals surface area contributed by atoms with Crippen molar-refractivity contribution >= 4 is 29.0 Å². The molecule has 0 unspecified atom stereocenters. The summed E-state index contributed by atoms with van der Waals surface area (Å²) in [5, 5.41) is 11.5. The van der Waals surface area contributed by atoms with Crippen LogP contribution in [-0.2, 0) is 24.7 Å². The first-order chi connectivity index (χ1) is 16.3. The number of carbonyl (C=O) groups excluding carboxylic acids is 3. The van der Waals surface area contributed by atoms with Crippen LogP contribution in [0, 0.1) is 6.92 Å². The largest absolute Gasteiger partial charge is 0.507 e. The van der Waals surface area contributed by atoms with Crippen LogP contribution in [0.2, 0.25) is 0 Å². The van der Waals surface area contributed by atoms with Crippen molar-refractivity contribution in [1.82, 2.24) is 4.90 Å². The van der Waals surface area contributed by atoms with Crippen molar-refractivity contribution in [3.8, 4) is 5.75 Å². The van der Waals surface area contributed by atoms with E-state index in [0.717, 1.165) is 5.56 Å². The number of hydrogen-bond donors (Lipinski definition) is 1. The van der Waals surface area contributed by atoms with Gasteiger partial charge in [-0.15, -0.1) is 0 Å². The molecule has 1 spiro atoms. The van der Waals surface area contributed by atoms with E-state index in [1.807, 2.05) is 13.8 Å². The first-order valence-corrected chi connectivity index (χ1v) is 11.2. The molecule has 2 aromatic rings. The predicted molar refractivity (Wildman–Crippen MR) is 127 cm³/mol. The zero-order valence-corrected chi connectivity index (χ0v) is 19.8. The number of methoxy groups -OCH3 is 2. The highest BCUT2D eigenvalue weighted by molar-refractivity contribution is 6.50. The van der Waals surface area contributed by atoms with Gasteiger partial charge in [0.1, 0.15) is 11.5 Å². The molecular formula is C26H28N2O6. The summed E-state index contributed by atoms with van der Waals surface area (Å²) in [6, 6.07) is 12.0. The summed E-state index contributed by atoms with van der Waals surface area (Å²) in [7, 11) is 3.09. The molecule has 0 bridgehead atoms. The lowest BCUT2D eigenvalue weighted by molar-refractivity contribution is -0.143. The van der Waals surface area contributed by atoms with Gasteiger partial charge in [-0.2, -0.15) is 0 Å². The van der Waals surface area contributed by atoms with Gasteiger partial charge in [0.2, 0.25) is 0 Å². The van der Waals surface area contributed by atoms with Gasteiger partial charge in [0.25, 0.3) is 17.6 Å². The predicted octanol–water partition coefficient (Wildman–Crippen LogP) is 2.98. The molecule has 1 N–H and O–H groups in total. The lowest BCUT2D eigenvalue weighted by Crippen LogP contribution is -2.52. The number of Topliss-reactive ketones (excluding diaryl/α,β-unsaturated/α-hetero) is 1. The lowest BCUT2D eigenvalue weighted by Gasteiger charge is -2.34. The second-order valence-corrected chi connectivity index (χ2v) is 8.32. The van der Waals surface area contributed by atoms with Crippen LogP contribution in [0.4, 0.5) is 5.69 Å². The van der Waals surface area contributed by atoms with E-state index in [0.29, 0.717) is 42.1 Å². The Morgan fingerprint density at radius 1 is 1.09 bits per heavy atom. The Hall–Kier alpha value is -3.65. The number of rotatable bonds is 7. The number of aliphatic hydroxyl groups is 1. The van der Waals surface area contributed by atoms with E-state index >= 15 is 0 Å². The van der Waals surface area contributed by atoms with Gasteiger partial charge in [0.15, 0.2) is 5.54 Å². The summed E-state index contributed by atoms with van der Waals surface area (Å²) < 4.78 is 10.4. The zero-order chi connectivity index (χ0) is 24.6. The van der Waals surface area contributed by atoms with Crippen molar-refractivity contribution in [1.29, 1.82) is 0 Å². The first-order valence-electron chi connectivity index (χ1n) is 11.2. The van der Waals surface area contributed by atoms with E-state index in [-0.39, 0.29) is 17.9 Å². The molecule has 2 aliphatic rings. The molecule has 2 amide bonds. The fourth-order valence-corrected chi connectivity index (χ4v) is 5.02. The van der Waals surface area contributed by atoms with Crippen LogP contribution in [0.15, 0.2) is 48.0 Å². The number of ketones is 1. The van der Waals surface area contributed by atoms with Crippen molar-refractivity contribution in [2.75, 3.05) is 38.8 Å². The highest BCUT2D eigenvalue weighted by Gasteiger charge is 2.66. The fourth-order valence-electron chi connectivity index (χ4n) is 5.02. The molecule has 4 rings (SSSR count). The van der Waals surface area contributed by atoms with Gasteiger partial charge in [-0.05, 0) is 50.1 Å². The molecule has 1 fully saturated rings. The third-order valence-electron chi connectivity index (χ3n) is 6.52. The molecular weight excluding hydrogens is 436 g/mol. The number of aryl methyl sites for hydroxylation is 1. The van der Waals surface area contributed by atoms with Crippen molar-refractivity contribution in [2.24, 2.45) is 0 Å². The standard InChI is InChI=1S/C26H28N2O6/c1-5-27-19-10-7-6-9-18(19)26(25(27)32)21(23(30)24(31)28(26)13-8-14-33-3)22(29)17-11-12-20(34-4)16(2)15-17/h6-7,9-12,15,29H,5,8,13-14H2,1-4H3/t26-/m1/s1. The van der Waals surface area contributed by atoms with Gasteiger partial charge in [-0.25, -0.2) is 0 Å². The van der Waals surface area contributed by atoms with Crippen LogP contribution in [0.25, 0.3) is 5.76 Å². The number of anilines is 1.